The van der Waals surface area contributed by atoms with Crippen molar-refractivity contribution < 1.29 is 14.1 Å². The molecule has 0 aliphatic carbocycles. The molecule has 0 spiro atoms. The van der Waals surface area contributed by atoms with E-state index in [2.05, 4.69) is 15.1 Å². The highest BCUT2D eigenvalue weighted by atomic mass is 35.5. The molecule has 2 aromatic rings. The Morgan fingerprint density at radius 3 is 3.10 bits per heavy atom. The van der Waals surface area contributed by atoms with Crippen LogP contribution in [-0.2, 0) is 4.74 Å². The van der Waals surface area contributed by atoms with Crippen LogP contribution >= 0.6 is 11.6 Å². The Bertz CT molecular complexity index is 660. The molecule has 0 N–H and O–H groups in total. The lowest BCUT2D eigenvalue weighted by atomic mass is 10.2. The van der Waals surface area contributed by atoms with Crippen LogP contribution in [0.2, 0.25) is 5.02 Å². The van der Waals surface area contributed by atoms with Crippen molar-refractivity contribution in [3.8, 4) is 0 Å². The first-order valence-corrected chi connectivity index (χ1v) is 6.83. The topological polar surface area (TPSA) is 81.4 Å². The molecule has 1 fully saturated rings. The van der Waals surface area contributed by atoms with Crippen LogP contribution in [0.3, 0.4) is 0 Å². The highest BCUT2D eigenvalue weighted by Gasteiger charge is 2.29. The summed E-state index contributed by atoms with van der Waals surface area (Å²) in [5, 5.41) is 4.17. The van der Waals surface area contributed by atoms with Gasteiger partial charge in [-0.1, -0.05) is 16.8 Å². The number of carbonyl (C=O) groups excluding carboxylic acids is 1. The Balaban J connectivity index is 1.77. The summed E-state index contributed by atoms with van der Waals surface area (Å²) >= 11 is 6.01. The van der Waals surface area contributed by atoms with Crippen LogP contribution in [0.15, 0.2) is 23.0 Å². The van der Waals surface area contributed by atoms with Gasteiger partial charge in [-0.15, -0.1) is 0 Å². The fraction of sp³-hybridized carbons (Fsp3) is 0.385. The molecule has 8 heteroatoms. The number of hydrogen-bond donors (Lipinski definition) is 0. The highest BCUT2D eigenvalue weighted by Crippen LogP contribution is 2.23. The molecule has 1 aliphatic heterocycles. The van der Waals surface area contributed by atoms with Gasteiger partial charge in [-0.3, -0.25) is 9.78 Å². The summed E-state index contributed by atoms with van der Waals surface area (Å²) in [4.78, 5) is 22.2. The van der Waals surface area contributed by atoms with Crippen molar-refractivity contribution in [2.24, 2.45) is 0 Å². The number of rotatable bonds is 2. The van der Waals surface area contributed by atoms with Crippen molar-refractivity contribution >= 4 is 17.5 Å². The monoisotopic (exact) mass is 308 g/mol. The predicted molar refractivity (Wildman–Crippen MR) is 72.9 cm³/mol. The van der Waals surface area contributed by atoms with Gasteiger partial charge in [0.2, 0.25) is 11.7 Å². The summed E-state index contributed by atoms with van der Waals surface area (Å²) in [6.07, 6.45) is 2.61. The zero-order chi connectivity index (χ0) is 14.8. The second-order valence-electron chi connectivity index (χ2n) is 4.64. The van der Waals surface area contributed by atoms with Crippen molar-refractivity contribution in [3.63, 3.8) is 0 Å². The van der Waals surface area contributed by atoms with Crippen LogP contribution in [0.1, 0.15) is 28.2 Å². The number of ether oxygens (including phenoxy) is 1. The smallest absolute Gasteiger partial charge is 0.255 e. The van der Waals surface area contributed by atoms with Crippen molar-refractivity contribution in [2.75, 3.05) is 19.7 Å². The SMILES string of the molecule is Cc1nc(C2CN(C(=O)c3ccncc3Cl)CCO2)no1. The average Bonchev–Trinajstić information content (AvgIpc) is 2.94. The molecule has 21 heavy (non-hydrogen) atoms. The highest BCUT2D eigenvalue weighted by molar-refractivity contribution is 6.33. The van der Waals surface area contributed by atoms with Crippen LogP contribution in [-0.4, -0.2) is 45.6 Å². The Morgan fingerprint density at radius 1 is 1.52 bits per heavy atom. The van der Waals surface area contributed by atoms with Crippen LogP contribution in [0.25, 0.3) is 0 Å². The first-order chi connectivity index (χ1) is 10.1. The van der Waals surface area contributed by atoms with Crippen LogP contribution < -0.4 is 0 Å². The molecule has 3 rings (SSSR count). The van der Waals surface area contributed by atoms with Crippen LogP contribution in [0.4, 0.5) is 0 Å². The van der Waals surface area contributed by atoms with E-state index in [1.54, 1.807) is 24.1 Å². The standard InChI is InChI=1S/C13H13ClN4O3/c1-8-16-12(17-21-8)11-7-18(4-5-20-11)13(19)9-2-3-15-6-10(9)14/h2-3,6,11H,4-5,7H2,1H3. The van der Waals surface area contributed by atoms with E-state index >= 15 is 0 Å². The minimum absolute atomic E-state index is 0.157. The fourth-order valence-electron chi connectivity index (χ4n) is 2.15. The molecule has 1 atom stereocenters. The number of aromatic nitrogens is 3. The molecular formula is C13H13ClN4O3. The van der Waals surface area contributed by atoms with Gasteiger partial charge in [0.1, 0.15) is 6.10 Å². The normalized spacial score (nSPS) is 18.8. The van der Waals surface area contributed by atoms with E-state index in [1.165, 1.54) is 6.20 Å². The maximum absolute atomic E-state index is 12.5. The molecule has 1 unspecified atom stereocenters. The van der Waals surface area contributed by atoms with Gasteiger partial charge in [-0.25, -0.2) is 0 Å². The predicted octanol–water partition coefficient (Wildman–Crippen LogP) is 1.64. The Kier molecular flexibility index (Phi) is 3.85. The molecule has 0 bridgehead atoms. The maximum Gasteiger partial charge on any atom is 0.255 e. The van der Waals surface area contributed by atoms with E-state index in [4.69, 9.17) is 20.9 Å². The lowest BCUT2D eigenvalue weighted by Crippen LogP contribution is -2.42. The molecule has 1 saturated heterocycles. The minimum atomic E-state index is -0.388. The summed E-state index contributed by atoms with van der Waals surface area (Å²) in [7, 11) is 0. The molecule has 0 aromatic carbocycles. The quantitative estimate of drug-likeness (QED) is 0.839. The Labute approximate surface area is 125 Å². The fourth-order valence-corrected chi connectivity index (χ4v) is 2.35. The second-order valence-corrected chi connectivity index (χ2v) is 5.04. The third-order valence-electron chi connectivity index (χ3n) is 3.19. The average molecular weight is 309 g/mol. The van der Waals surface area contributed by atoms with Gasteiger partial charge in [0.25, 0.3) is 5.91 Å². The van der Waals surface area contributed by atoms with Gasteiger partial charge in [0.15, 0.2) is 0 Å². The van der Waals surface area contributed by atoms with Gasteiger partial charge in [0, 0.05) is 25.9 Å². The van der Waals surface area contributed by atoms with Gasteiger partial charge < -0.3 is 14.2 Å². The van der Waals surface area contributed by atoms with Gasteiger partial charge >= 0.3 is 0 Å². The molecular weight excluding hydrogens is 296 g/mol. The molecule has 2 aromatic heterocycles. The van der Waals surface area contributed by atoms with E-state index in [9.17, 15) is 4.79 Å². The molecule has 110 valence electrons. The summed E-state index contributed by atoms with van der Waals surface area (Å²) in [6, 6.07) is 1.60. The van der Waals surface area contributed by atoms with Gasteiger partial charge in [-0.2, -0.15) is 4.98 Å². The van der Waals surface area contributed by atoms with E-state index in [1.807, 2.05) is 0 Å². The van der Waals surface area contributed by atoms with Crippen molar-refractivity contribution in [1.29, 1.82) is 0 Å². The first kappa shape index (κ1) is 14.0. The molecule has 0 saturated carbocycles. The van der Waals surface area contributed by atoms with Gasteiger partial charge in [0.05, 0.1) is 23.7 Å². The van der Waals surface area contributed by atoms with E-state index in [-0.39, 0.29) is 12.0 Å². The van der Waals surface area contributed by atoms with E-state index in [0.29, 0.717) is 42.0 Å². The third kappa shape index (κ3) is 2.88. The van der Waals surface area contributed by atoms with Crippen molar-refractivity contribution in [3.05, 3.63) is 40.8 Å². The summed E-state index contributed by atoms with van der Waals surface area (Å²) in [6.45, 7) is 2.97. The summed E-state index contributed by atoms with van der Waals surface area (Å²) in [5.74, 6) is 0.760. The molecule has 1 aliphatic rings. The summed E-state index contributed by atoms with van der Waals surface area (Å²) in [5.41, 5.74) is 0.427. The zero-order valence-electron chi connectivity index (χ0n) is 11.3. The molecule has 3 heterocycles. The number of hydrogen-bond acceptors (Lipinski definition) is 6. The maximum atomic E-state index is 12.5. The number of amides is 1. The van der Waals surface area contributed by atoms with Gasteiger partial charge in [-0.05, 0) is 6.07 Å². The lowest BCUT2D eigenvalue weighted by Gasteiger charge is -2.31. The Hall–Kier alpha value is -1.99. The molecule has 7 nitrogen and oxygen atoms in total. The Morgan fingerprint density at radius 2 is 2.38 bits per heavy atom. The number of halogens is 1. The molecule has 1 amide bonds. The number of aryl methyl sites for hydroxylation is 1. The minimum Gasteiger partial charge on any atom is -0.366 e. The number of nitrogens with zero attached hydrogens (tertiary/aromatic N) is 4. The van der Waals surface area contributed by atoms with E-state index in [0.717, 1.165) is 0 Å². The number of morpholine rings is 1. The lowest BCUT2D eigenvalue weighted by molar-refractivity contribution is -0.0276. The molecule has 0 radical (unpaired) electrons. The van der Waals surface area contributed by atoms with Crippen LogP contribution in [0, 0.1) is 6.92 Å². The number of pyridine rings is 1. The summed E-state index contributed by atoms with van der Waals surface area (Å²) < 4.78 is 10.5. The number of carbonyl (C=O) groups is 1. The van der Waals surface area contributed by atoms with Crippen molar-refractivity contribution in [2.45, 2.75) is 13.0 Å². The first-order valence-electron chi connectivity index (χ1n) is 6.46. The van der Waals surface area contributed by atoms with Crippen molar-refractivity contribution in [1.82, 2.24) is 20.0 Å². The van der Waals surface area contributed by atoms with Crippen LogP contribution in [0.5, 0.6) is 0 Å². The third-order valence-corrected chi connectivity index (χ3v) is 3.49. The zero-order valence-corrected chi connectivity index (χ0v) is 12.1. The largest absolute Gasteiger partial charge is 0.366 e. The second kappa shape index (κ2) is 5.79. The van der Waals surface area contributed by atoms with E-state index < -0.39 is 0 Å².